The van der Waals surface area contributed by atoms with Gasteiger partial charge in [-0.2, -0.15) is 0 Å². The highest BCUT2D eigenvalue weighted by Gasteiger charge is 2.60. The maximum absolute atomic E-state index is 10.3. The molecule has 0 amide bonds. The molecule has 0 spiro atoms. The molecule has 2 aliphatic carbocycles. The molecule has 0 heterocycles. The summed E-state index contributed by atoms with van der Waals surface area (Å²) in [5.41, 5.74) is -1.60. The number of aliphatic hydroxyl groups is 3. The quantitative estimate of drug-likeness (QED) is 0.664. The molecule has 0 aromatic heterocycles. The summed E-state index contributed by atoms with van der Waals surface area (Å²) in [4.78, 5) is 0. The summed E-state index contributed by atoms with van der Waals surface area (Å²) in [5, 5.41) is 30.5. The van der Waals surface area contributed by atoms with Crippen molar-refractivity contribution in [3.05, 3.63) is 0 Å². The minimum Gasteiger partial charge on any atom is -0.393 e. The molecule has 0 radical (unpaired) electrons. The summed E-state index contributed by atoms with van der Waals surface area (Å²) in [6.07, 6.45) is 1.44. The molecule has 0 aliphatic heterocycles. The fraction of sp³-hybridized carbons (Fsp3) is 1.00. The highest BCUT2D eigenvalue weighted by atomic mass is 16.3. The number of hydrogen-bond acceptors (Lipinski definition) is 3. The smallest absolute Gasteiger partial charge is 0.0627 e. The lowest BCUT2D eigenvalue weighted by molar-refractivity contribution is -0.123. The first-order chi connectivity index (χ1) is 7.12. The van der Waals surface area contributed by atoms with Gasteiger partial charge in [0.05, 0.1) is 17.3 Å². The minimum absolute atomic E-state index is 0.00116. The van der Waals surface area contributed by atoms with Crippen molar-refractivity contribution < 1.29 is 15.3 Å². The molecule has 2 fully saturated rings. The zero-order valence-electron chi connectivity index (χ0n) is 10.6. The van der Waals surface area contributed by atoms with Gasteiger partial charge in [-0.3, -0.25) is 0 Å². The molecule has 0 aromatic carbocycles. The molecule has 2 rings (SSSR count). The van der Waals surface area contributed by atoms with Gasteiger partial charge in [-0.15, -0.1) is 0 Å². The SMILES string of the molecule is CC(C)(O)C1[C@@H]2C[C@@H]([C@H](O)C2)[C@H]1C(C)(C)O. The monoisotopic (exact) mass is 228 g/mol. The second-order valence-corrected chi connectivity index (χ2v) is 6.82. The third-order valence-electron chi connectivity index (χ3n) is 4.60. The van der Waals surface area contributed by atoms with Crippen molar-refractivity contribution in [1.82, 2.24) is 0 Å². The van der Waals surface area contributed by atoms with Gasteiger partial charge < -0.3 is 15.3 Å². The molecule has 3 heteroatoms. The molecule has 94 valence electrons. The Kier molecular flexibility index (Phi) is 2.65. The molecule has 0 aromatic rings. The van der Waals surface area contributed by atoms with Crippen molar-refractivity contribution in [3.63, 3.8) is 0 Å². The highest BCUT2D eigenvalue weighted by Crippen LogP contribution is 2.58. The first kappa shape index (κ1) is 12.3. The zero-order valence-corrected chi connectivity index (χ0v) is 10.6. The zero-order chi connectivity index (χ0) is 12.3. The summed E-state index contributed by atoms with van der Waals surface area (Å²) in [6, 6.07) is 0. The van der Waals surface area contributed by atoms with Crippen LogP contribution in [0.15, 0.2) is 0 Å². The second-order valence-electron chi connectivity index (χ2n) is 6.82. The predicted molar refractivity (Wildman–Crippen MR) is 61.8 cm³/mol. The van der Waals surface area contributed by atoms with Crippen molar-refractivity contribution in [3.8, 4) is 0 Å². The molecule has 16 heavy (non-hydrogen) atoms. The average Bonchev–Trinajstić information content (AvgIpc) is 2.55. The van der Waals surface area contributed by atoms with Gasteiger partial charge in [-0.05, 0) is 64.2 Å². The predicted octanol–water partition coefficient (Wildman–Crippen LogP) is 1.16. The van der Waals surface area contributed by atoms with Crippen LogP contribution >= 0.6 is 0 Å². The third-order valence-corrected chi connectivity index (χ3v) is 4.60. The van der Waals surface area contributed by atoms with Gasteiger partial charge in [0.2, 0.25) is 0 Å². The van der Waals surface area contributed by atoms with Crippen LogP contribution < -0.4 is 0 Å². The van der Waals surface area contributed by atoms with E-state index < -0.39 is 11.2 Å². The van der Waals surface area contributed by atoms with Gasteiger partial charge in [0.25, 0.3) is 0 Å². The van der Waals surface area contributed by atoms with Crippen LogP contribution in [-0.4, -0.2) is 32.6 Å². The minimum atomic E-state index is -0.828. The summed E-state index contributed by atoms with van der Waals surface area (Å²) in [6.45, 7) is 7.24. The summed E-state index contributed by atoms with van der Waals surface area (Å²) in [5.74, 6) is 0.611. The van der Waals surface area contributed by atoms with E-state index in [9.17, 15) is 15.3 Å². The Balaban J connectivity index is 2.32. The van der Waals surface area contributed by atoms with Crippen LogP contribution in [0.25, 0.3) is 0 Å². The fourth-order valence-electron chi connectivity index (χ4n) is 4.31. The average molecular weight is 228 g/mol. The normalized spacial score (nSPS) is 44.1. The van der Waals surface area contributed by atoms with Crippen molar-refractivity contribution >= 4 is 0 Å². The van der Waals surface area contributed by atoms with Crippen LogP contribution in [0.1, 0.15) is 40.5 Å². The van der Waals surface area contributed by atoms with E-state index >= 15 is 0 Å². The molecule has 3 N–H and O–H groups in total. The first-order valence-corrected chi connectivity index (χ1v) is 6.25. The van der Waals surface area contributed by atoms with E-state index in [-0.39, 0.29) is 23.9 Å². The Morgan fingerprint density at radius 1 is 0.875 bits per heavy atom. The number of aliphatic hydroxyl groups excluding tert-OH is 1. The Morgan fingerprint density at radius 2 is 1.38 bits per heavy atom. The lowest BCUT2D eigenvalue weighted by Gasteiger charge is -2.45. The largest absolute Gasteiger partial charge is 0.393 e. The lowest BCUT2D eigenvalue weighted by Crippen LogP contribution is -2.51. The summed E-state index contributed by atoms with van der Waals surface area (Å²) < 4.78 is 0. The molecule has 2 bridgehead atoms. The van der Waals surface area contributed by atoms with Crippen LogP contribution in [0.5, 0.6) is 0 Å². The maximum Gasteiger partial charge on any atom is 0.0627 e. The molecule has 2 aliphatic rings. The summed E-state index contributed by atoms with van der Waals surface area (Å²) in [7, 11) is 0. The highest BCUT2D eigenvalue weighted by molar-refractivity contribution is 5.09. The Hall–Kier alpha value is -0.120. The lowest BCUT2D eigenvalue weighted by atomic mass is 9.65. The molecule has 5 atom stereocenters. The van der Waals surface area contributed by atoms with Gasteiger partial charge in [-0.1, -0.05) is 0 Å². The van der Waals surface area contributed by atoms with E-state index in [2.05, 4.69) is 0 Å². The Labute approximate surface area is 97.5 Å². The van der Waals surface area contributed by atoms with Crippen LogP contribution in [0, 0.1) is 23.7 Å². The summed E-state index contributed by atoms with van der Waals surface area (Å²) >= 11 is 0. The van der Waals surface area contributed by atoms with E-state index in [1.807, 2.05) is 13.8 Å². The van der Waals surface area contributed by atoms with Gasteiger partial charge in [0.1, 0.15) is 0 Å². The van der Waals surface area contributed by atoms with Crippen LogP contribution in [0.4, 0.5) is 0 Å². The number of fused-ring (bicyclic) bond motifs is 2. The van der Waals surface area contributed by atoms with E-state index in [0.29, 0.717) is 5.92 Å². The standard InChI is InChI=1S/C13H24O3/c1-12(2,15)10-7-5-8(9(14)6-7)11(10)13(3,4)16/h7-11,14-16H,5-6H2,1-4H3/t7-,8+,9-,10?,11-/m1/s1. The van der Waals surface area contributed by atoms with Crippen molar-refractivity contribution in [2.45, 2.75) is 57.8 Å². The Bertz CT molecular complexity index is 274. The topological polar surface area (TPSA) is 60.7 Å². The first-order valence-electron chi connectivity index (χ1n) is 6.25. The number of rotatable bonds is 2. The molecule has 0 saturated heterocycles. The molecular weight excluding hydrogens is 204 g/mol. The van der Waals surface area contributed by atoms with Gasteiger partial charge in [0, 0.05) is 0 Å². The maximum atomic E-state index is 10.3. The molecule has 1 unspecified atom stereocenters. The van der Waals surface area contributed by atoms with Crippen LogP contribution in [0.2, 0.25) is 0 Å². The molecule has 2 saturated carbocycles. The third kappa shape index (κ3) is 1.79. The van der Waals surface area contributed by atoms with Gasteiger partial charge in [0.15, 0.2) is 0 Å². The van der Waals surface area contributed by atoms with E-state index in [0.717, 1.165) is 12.8 Å². The molecule has 3 nitrogen and oxygen atoms in total. The van der Waals surface area contributed by atoms with E-state index in [1.165, 1.54) is 0 Å². The number of hydrogen-bond donors (Lipinski definition) is 3. The molecular formula is C13H24O3. The van der Waals surface area contributed by atoms with E-state index in [1.54, 1.807) is 13.8 Å². The van der Waals surface area contributed by atoms with Crippen LogP contribution in [-0.2, 0) is 0 Å². The van der Waals surface area contributed by atoms with Crippen molar-refractivity contribution in [2.24, 2.45) is 23.7 Å². The van der Waals surface area contributed by atoms with Crippen molar-refractivity contribution in [2.75, 3.05) is 0 Å². The van der Waals surface area contributed by atoms with Gasteiger partial charge >= 0.3 is 0 Å². The van der Waals surface area contributed by atoms with Crippen LogP contribution in [0.3, 0.4) is 0 Å². The van der Waals surface area contributed by atoms with Gasteiger partial charge in [-0.25, -0.2) is 0 Å². The fourth-order valence-corrected chi connectivity index (χ4v) is 4.31. The second kappa shape index (κ2) is 3.44. The van der Waals surface area contributed by atoms with Crippen molar-refractivity contribution in [1.29, 1.82) is 0 Å². The Morgan fingerprint density at radius 3 is 1.81 bits per heavy atom. The van der Waals surface area contributed by atoms with E-state index in [4.69, 9.17) is 0 Å².